The molecule has 16 heavy (non-hydrogen) atoms. The van der Waals surface area contributed by atoms with E-state index in [1.165, 1.54) is 11.1 Å². The second-order valence-electron chi connectivity index (χ2n) is 3.49. The van der Waals surface area contributed by atoms with E-state index in [9.17, 15) is 0 Å². The lowest BCUT2D eigenvalue weighted by molar-refractivity contribution is 0.363. The first-order valence-electron chi connectivity index (χ1n) is 5.29. The molecule has 1 nitrogen and oxygen atoms in total. The van der Waals surface area contributed by atoms with Gasteiger partial charge in [-0.15, -0.1) is 0 Å². The van der Waals surface area contributed by atoms with E-state index in [4.69, 9.17) is 4.74 Å². The Morgan fingerprint density at radius 2 is 1.69 bits per heavy atom. The molecule has 0 spiro atoms. The van der Waals surface area contributed by atoms with Crippen molar-refractivity contribution in [1.29, 1.82) is 0 Å². The lowest BCUT2D eigenvalue weighted by atomic mass is 10.1. The van der Waals surface area contributed by atoms with Gasteiger partial charge in [0.2, 0.25) is 0 Å². The Morgan fingerprint density at radius 3 is 2.44 bits per heavy atom. The number of benzene rings is 2. The molecule has 0 atom stereocenters. The minimum absolute atomic E-state index is 0.540. The summed E-state index contributed by atoms with van der Waals surface area (Å²) in [5.74, 6) is 0.876. The third kappa shape index (κ3) is 2.51. The highest BCUT2D eigenvalue weighted by molar-refractivity contribution is 5.64. The predicted octanol–water partition coefficient (Wildman–Crippen LogP) is 3.92. The molecular weight excluding hydrogens is 196 g/mol. The lowest BCUT2D eigenvalue weighted by Gasteiger charge is -2.06. The first-order chi connectivity index (χ1) is 7.90. The molecule has 0 aromatic heterocycles. The largest absolute Gasteiger partial charge is 0.490 e. The molecule has 0 heterocycles. The van der Waals surface area contributed by atoms with Crippen LogP contribution in [0.3, 0.4) is 0 Å². The highest BCUT2D eigenvalue weighted by Crippen LogP contribution is 2.23. The van der Waals surface area contributed by atoms with E-state index in [0.717, 1.165) is 5.75 Å². The molecule has 2 aromatic carbocycles. The van der Waals surface area contributed by atoms with Crippen LogP contribution in [-0.4, -0.2) is 6.61 Å². The third-order valence-corrected chi connectivity index (χ3v) is 2.31. The topological polar surface area (TPSA) is 9.23 Å². The Bertz CT molecular complexity index is 460. The van der Waals surface area contributed by atoms with E-state index in [2.05, 4.69) is 24.8 Å². The lowest BCUT2D eigenvalue weighted by Crippen LogP contribution is -1.92. The van der Waals surface area contributed by atoms with Crippen molar-refractivity contribution in [2.75, 3.05) is 6.61 Å². The number of hydrogen-bond acceptors (Lipinski definition) is 1. The molecule has 0 aliphatic rings. The third-order valence-electron chi connectivity index (χ3n) is 2.31. The van der Waals surface area contributed by atoms with E-state index in [0.29, 0.717) is 6.61 Å². The van der Waals surface area contributed by atoms with Gasteiger partial charge in [-0.3, -0.25) is 0 Å². The molecule has 0 unspecified atom stereocenters. The zero-order valence-corrected chi connectivity index (χ0v) is 9.10. The van der Waals surface area contributed by atoms with Crippen LogP contribution in [0.2, 0.25) is 0 Å². The second kappa shape index (κ2) is 5.17. The van der Waals surface area contributed by atoms with Crippen molar-refractivity contribution >= 4 is 0 Å². The van der Waals surface area contributed by atoms with Gasteiger partial charge in [0.25, 0.3) is 0 Å². The average Bonchev–Trinajstić information content (AvgIpc) is 2.38. The monoisotopic (exact) mass is 210 g/mol. The maximum Gasteiger partial charge on any atom is 0.120 e. The van der Waals surface area contributed by atoms with Gasteiger partial charge >= 0.3 is 0 Å². The van der Waals surface area contributed by atoms with Crippen LogP contribution in [0.15, 0.2) is 67.3 Å². The quantitative estimate of drug-likeness (QED) is 0.695. The molecule has 2 aromatic rings. The van der Waals surface area contributed by atoms with Crippen molar-refractivity contribution in [3.63, 3.8) is 0 Å². The van der Waals surface area contributed by atoms with Crippen LogP contribution in [0, 0.1) is 0 Å². The van der Waals surface area contributed by atoms with E-state index in [-0.39, 0.29) is 0 Å². The van der Waals surface area contributed by atoms with E-state index < -0.39 is 0 Å². The van der Waals surface area contributed by atoms with Crippen LogP contribution in [-0.2, 0) is 0 Å². The Morgan fingerprint density at radius 1 is 0.938 bits per heavy atom. The van der Waals surface area contributed by atoms with E-state index in [1.54, 1.807) is 6.08 Å². The number of hydrogen-bond donors (Lipinski definition) is 0. The van der Waals surface area contributed by atoms with Crippen LogP contribution < -0.4 is 4.74 Å². The summed E-state index contributed by atoms with van der Waals surface area (Å²) in [5, 5.41) is 0. The molecule has 80 valence electrons. The first kappa shape index (κ1) is 10.5. The maximum atomic E-state index is 5.50. The fourth-order valence-electron chi connectivity index (χ4n) is 1.55. The second-order valence-corrected chi connectivity index (χ2v) is 3.49. The summed E-state index contributed by atoms with van der Waals surface area (Å²) in [6, 6.07) is 18.3. The number of rotatable bonds is 4. The minimum Gasteiger partial charge on any atom is -0.490 e. The zero-order valence-electron chi connectivity index (χ0n) is 9.10. The normalized spacial score (nSPS) is 9.75. The highest BCUT2D eigenvalue weighted by Gasteiger charge is 1.98. The smallest absolute Gasteiger partial charge is 0.120 e. The average molecular weight is 210 g/mol. The predicted molar refractivity (Wildman–Crippen MR) is 67.6 cm³/mol. The minimum atomic E-state index is 0.540. The van der Waals surface area contributed by atoms with Gasteiger partial charge in [-0.1, -0.05) is 55.1 Å². The molecule has 0 amide bonds. The molecule has 0 aliphatic carbocycles. The van der Waals surface area contributed by atoms with E-state index >= 15 is 0 Å². The van der Waals surface area contributed by atoms with E-state index in [1.807, 2.05) is 36.4 Å². The summed E-state index contributed by atoms with van der Waals surface area (Å²) in [6.07, 6.45) is 1.75. The van der Waals surface area contributed by atoms with Crippen molar-refractivity contribution in [2.24, 2.45) is 0 Å². The number of ether oxygens (including phenoxy) is 1. The zero-order chi connectivity index (χ0) is 11.2. The molecule has 1 heteroatoms. The Hall–Kier alpha value is -2.02. The van der Waals surface area contributed by atoms with Crippen molar-refractivity contribution in [3.8, 4) is 16.9 Å². The Kier molecular flexibility index (Phi) is 3.39. The molecule has 0 radical (unpaired) electrons. The van der Waals surface area contributed by atoms with Crippen molar-refractivity contribution in [2.45, 2.75) is 0 Å². The van der Waals surface area contributed by atoms with Crippen LogP contribution in [0.25, 0.3) is 11.1 Å². The van der Waals surface area contributed by atoms with Crippen LogP contribution in [0.1, 0.15) is 0 Å². The summed E-state index contributed by atoms with van der Waals surface area (Å²) in [7, 11) is 0. The van der Waals surface area contributed by atoms with Crippen molar-refractivity contribution in [1.82, 2.24) is 0 Å². The highest BCUT2D eigenvalue weighted by atomic mass is 16.5. The molecule has 0 saturated heterocycles. The fourth-order valence-corrected chi connectivity index (χ4v) is 1.55. The van der Waals surface area contributed by atoms with Gasteiger partial charge in [0.1, 0.15) is 12.4 Å². The summed E-state index contributed by atoms with van der Waals surface area (Å²) in [4.78, 5) is 0. The first-order valence-corrected chi connectivity index (χ1v) is 5.29. The van der Waals surface area contributed by atoms with Crippen LogP contribution >= 0.6 is 0 Å². The van der Waals surface area contributed by atoms with Gasteiger partial charge in [0.05, 0.1) is 0 Å². The van der Waals surface area contributed by atoms with Gasteiger partial charge in [0.15, 0.2) is 0 Å². The molecule has 0 saturated carbocycles. The Balaban J connectivity index is 2.25. The molecule has 0 fully saturated rings. The molecular formula is C15H14O. The van der Waals surface area contributed by atoms with Crippen LogP contribution in [0.5, 0.6) is 5.75 Å². The van der Waals surface area contributed by atoms with Gasteiger partial charge < -0.3 is 4.74 Å². The van der Waals surface area contributed by atoms with Crippen molar-refractivity contribution < 1.29 is 4.74 Å². The van der Waals surface area contributed by atoms with Crippen molar-refractivity contribution in [3.05, 3.63) is 67.3 Å². The maximum absolute atomic E-state index is 5.50. The Labute approximate surface area is 96.0 Å². The van der Waals surface area contributed by atoms with Gasteiger partial charge in [-0.05, 0) is 23.3 Å². The van der Waals surface area contributed by atoms with Gasteiger partial charge in [0, 0.05) is 0 Å². The molecule has 0 bridgehead atoms. The summed E-state index contributed by atoms with van der Waals surface area (Å²) >= 11 is 0. The molecule has 0 aliphatic heterocycles. The SMILES string of the molecule is C=CCOc1cccc(-c2ccccc2)c1. The molecule has 0 N–H and O–H groups in total. The van der Waals surface area contributed by atoms with Gasteiger partial charge in [-0.25, -0.2) is 0 Å². The summed E-state index contributed by atoms with van der Waals surface area (Å²) in [5.41, 5.74) is 2.37. The summed E-state index contributed by atoms with van der Waals surface area (Å²) in [6.45, 7) is 4.17. The standard InChI is InChI=1S/C15H14O/c1-2-11-16-15-10-6-9-14(12-15)13-7-4-3-5-8-13/h2-10,12H,1,11H2. The van der Waals surface area contributed by atoms with Crippen LogP contribution in [0.4, 0.5) is 0 Å². The fraction of sp³-hybridized carbons (Fsp3) is 0.0667. The van der Waals surface area contributed by atoms with Gasteiger partial charge in [-0.2, -0.15) is 0 Å². The molecule has 2 rings (SSSR count). The summed E-state index contributed by atoms with van der Waals surface area (Å²) < 4.78 is 5.50.